The van der Waals surface area contributed by atoms with E-state index in [0.29, 0.717) is 0 Å². The third-order valence-electron chi connectivity index (χ3n) is 4.10. The summed E-state index contributed by atoms with van der Waals surface area (Å²) in [4.78, 5) is 0. The van der Waals surface area contributed by atoms with Gasteiger partial charge in [-0.2, -0.15) is 0 Å². The van der Waals surface area contributed by atoms with E-state index in [9.17, 15) is 0 Å². The lowest BCUT2D eigenvalue weighted by Crippen LogP contribution is -1.87. The number of nitrogens with one attached hydrogen (secondary N) is 1. The van der Waals surface area contributed by atoms with Gasteiger partial charge in [-0.3, -0.25) is 0 Å². The van der Waals surface area contributed by atoms with Crippen molar-refractivity contribution in [2.75, 3.05) is 5.32 Å². The molecule has 132 valence electrons. The largest absolute Gasteiger partial charge is 0.356 e. The van der Waals surface area contributed by atoms with Crippen LogP contribution in [0.15, 0.2) is 122 Å². The van der Waals surface area contributed by atoms with Crippen molar-refractivity contribution in [3.8, 4) is 11.1 Å². The van der Waals surface area contributed by atoms with Gasteiger partial charge in [0.15, 0.2) is 0 Å². The van der Waals surface area contributed by atoms with Gasteiger partial charge >= 0.3 is 0 Å². The average molecular weight is 349 g/mol. The van der Waals surface area contributed by atoms with E-state index in [0.717, 1.165) is 11.4 Å². The summed E-state index contributed by atoms with van der Waals surface area (Å²) in [5.74, 6) is 0. The topological polar surface area (TPSA) is 12.0 Å². The molecule has 0 saturated heterocycles. The Morgan fingerprint density at radius 1 is 0.519 bits per heavy atom. The molecule has 0 fully saturated rings. The maximum Gasteiger partial charge on any atom is 0.0384 e. The first-order chi connectivity index (χ1) is 13.4. The van der Waals surface area contributed by atoms with Crippen LogP contribution in [0.5, 0.6) is 0 Å². The Bertz CT molecular complexity index is 907. The Kier molecular flexibility index (Phi) is 6.60. The summed E-state index contributed by atoms with van der Waals surface area (Å²) in [5, 5.41) is 3.30. The molecule has 1 N–H and O–H groups in total. The van der Waals surface area contributed by atoms with Crippen LogP contribution in [-0.2, 0) is 0 Å². The van der Waals surface area contributed by atoms with E-state index in [4.69, 9.17) is 0 Å². The monoisotopic (exact) mass is 349 g/mol. The minimum atomic E-state index is 1.12. The van der Waals surface area contributed by atoms with Gasteiger partial charge in [0.25, 0.3) is 0 Å². The molecule has 0 aliphatic heterocycles. The fraction of sp³-hybridized carbons (Fsp3) is 0. The van der Waals surface area contributed by atoms with Gasteiger partial charge in [-0.25, -0.2) is 0 Å². The molecule has 0 heterocycles. The molecule has 0 aliphatic rings. The van der Waals surface area contributed by atoms with Crippen molar-refractivity contribution >= 4 is 17.5 Å². The number of para-hydroxylation sites is 2. The third-order valence-corrected chi connectivity index (χ3v) is 4.10. The second-order valence-corrected chi connectivity index (χ2v) is 6.01. The second kappa shape index (κ2) is 9.79. The molecule has 1 heteroatoms. The fourth-order valence-corrected chi connectivity index (χ4v) is 2.77. The van der Waals surface area contributed by atoms with Gasteiger partial charge < -0.3 is 5.32 Å². The molecule has 4 rings (SSSR count). The maximum absolute atomic E-state index is 3.82. The summed E-state index contributed by atoms with van der Waals surface area (Å²) in [6.07, 6.45) is 1.89. The summed E-state index contributed by atoms with van der Waals surface area (Å²) in [7, 11) is 0. The zero-order chi connectivity index (χ0) is 18.7. The summed E-state index contributed by atoms with van der Waals surface area (Å²) < 4.78 is 0. The van der Waals surface area contributed by atoms with Crippen molar-refractivity contribution in [3.63, 3.8) is 0 Å². The molecule has 27 heavy (non-hydrogen) atoms. The Morgan fingerprint density at radius 3 is 1.48 bits per heavy atom. The van der Waals surface area contributed by atoms with Crippen LogP contribution in [0, 0.1) is 0 Å². The summed E-state index contributed by atoms with van der Waals surface area (Å²) in [6.45, 7) is 3.82. The van der Waals surface area contributed by atoms with Crippen molar-refractivity contribution < 1.29 is 0 Å². The minimum Gasteiger partial charge on any atom is -0.356 e. The van der Waals surface area contributed by atoms with Gasteiger partial charge in [0.2, 0.25) is 0 Å². The molecular weight excluding hydrogens is 326 g/mol. The molecule has 0 aromatic heterocycles. The highest BCUT2D eigenvalue weighted by atomic mass is 14.9. The van der Waals surface area contributed by atoms with Gasteiger partial charge in [0.1, 0.15) is 0 Å². The standard InChI is InChI=1S/C14H12.C12H11N/c1-2-12-8-6-7-11-14(12)13-9-4-3-5-10-13;1-3-7-11(8-4-1)13-12-9-5-2-6-10-12/h2-11H,1H2;1-10,13H. The summed E-state index contributed by atoms with van der Waals surface area (Å²) in [6, 6.07) is 38.9. The van der Waals surface area contributed by atoms with Gasteiger partial charge in [-0.1, -0.05) is 104 Å². The quantitative estimate of drug-likeness (QED) is 0.404. The lowest BCUT2D eigenvalue weighted by atomic mass is 10.00. The van der Waals surface area contributed by atoms with E-state index < -0.39 is 0 Å². The highest BCUT2D eigenvalue weighted by molar-refractivity contribution is 5.74. The molecule has 0 amide bonds. The van der Waals surface area contributed by atoms with Crippen LogP contribution in [0.1, 0.15) is 5.56 Å². The Labute approximate surface area is 161 Å². The lowest BCUT2D eigenvalue weighted by Gasteiger charge is -2.04. The van der Waals surface area contributed by atoms with E-state index in [1.165, 1.54) is 16.7 Å². The number of benzene rings is 4. The van der Waals surface area contributed by atoms with E-state index in [-0.39, 0.29) is 0 Å². The highest BCUT2D eigenvalue weighted by Gasteiger charge is 1.99. The molecule has 0 aliphatic carbocycles. The smallest absolute Gasteiger partial charge is 0.0384 e. The Hall–Kier alpha value is -3.58. The van der Waals surface area contributed by atoms with Gasteiger partial charge in [-0.15, -0.1) is 0 Å². The SMILES string of the molecule is C=Cc1ccccc1-c1ccccc1.c1ccc(Nc2ccccc2)cc1. The van der Waals surface area contributed by atoms with Crippen molar-refractivity contribution in [2.24, 2.45) is 0 Å². The molecule has 4 aromatic rings. The van der Waals surface area contributed by atoms with Gasteiger partial charge in [0.05, 0.1) is 0 Å². The number of rotatable bonds is 4. The van der Waals surface area contributed by atoms with E-state index >= 15 is 0 Å². The fourth-order valence-electron chi connectivity index (χ4n) is 2.77. The van der Waals surface area contributed by atoms with Crippen molar-refractivity contribution in [1.29, 1.82) is 0 Å². The molecule has 0 bridgehead atoms. The first-order valence-corrected chi connectivity index (χ1v) is 9.01. The third kappa shape index (κ3) is 5.45. The van der Waals surface area contributed by atoms with E-state index in [1.807, 2.05) is 78.9 Å². The predicted octanol–water partition coefficient (Wildman–Crippen LogP) is 7.43. The van der Waals surface area contributed by atoms with E-state index in [1.54, 1.807) is 0 Å². The molecule has 0 unspecified atom stereocenters. The molecule has 0 saturated carbocycles. The normalized spacial score (nSPS) is 9.63. The van der Waals surface area contributed by atoms with Crippen molar-refractivity contribution in [2.45, 2.75) is 0 Å². The molecule has 4 aromatic carbocycles. The summed E-state index contributed by atoms with van der Waals surface area (Å²) in [5.41, 5.74) is 5.90. The number of hydrogen-bond donors (Lipinski definition) is 1. The van der Waals surface area contributed by atoms with Crippen LogP contribution in [-0.4, -0.2) is 0 Å². The van der Waals surface area contributed by atoms with Crippen molar-refractivity contribution in [3.05, 3.63) is 127 Å². The van der Waals surface area contributed by atoms with Crippen LogP contribution in [0.3, 0.4) is 0 Å². The molecule has 1 nitrogen and oxygen atoms in total. The number of hydrogen-bond acceptors (Lipinski definition) is 1. The predicted molar refractivity (Wildman–Crippen MR) is 118 cm³/mol. The first-order valence-electron chi connectivity index (χ1n) is 9.01. The Balaban J connectivity index is 0.000000156. The van der Waals surface area contributed by atoms with Crippen LogP contribution in [0.25, 0.3) is 17.2 Å². The van der Waals surface area contributed by atoms with Crippen LogP contribution in [0.2, 0.25) is 0 Å². The molecule has 0 radical (unpaired) electrons. The molecule has 0 spiro atoms. The second-order valence-electron chi connectivity index (χ2n) is 6.01. The Morgan fingerprint density at radius 2 is 0.963 bits per heavy atom. The lowest BCUT2D eigenvalue weighted by molar-refractivity contribution is 1.55. The van der Waals surface area contributed by atoms with Crippen LogP contribution < -0.4 is 5.32 Å². The highest BCUT2D eigenvalue weighted by Crippen LogP contribution is 2.23. The zero-order valence-electron chi connectivity index (χ0n) is 15.3. The molecule has 0 atom stereocenters. The molecular formula is C26H23N. The zero-order valence-corrected chi connectivity index (χ0v) is 15.3. The van der Waals surface area contributed by atoms with E-state index in [2.05, 4.69) is 54.4 Å². The van der Waals surface area contributed by atoms with Crippen molar-refractivity contribution in [1.82, 2.24) is 0 Å². The van der Waals surface area contributed by atoms with Gasteiger partial charge in [-0.05, 0) is 41.0 Å². The minimum absolute atomic E-state index is 1.12. The first kappa shape index (κ1) is 18.2. The number of anilines is 2. The maximum atomic E-state index is 3.82. The summed E-state index contributed by atoms with van der Waals surface area (Å²) >= 11 is 0. The van der Waals surface area contributed by atoms with Gasteiger partial charge in [0, 0.05) is 11.4 Å². The van der Waals surface area contributed by atoms with Crippen LogP contribution in [0.4, 0.5) is 11.4 Å². The van der Waals surface area contributed by atoms with Crippen LogP contribution >= 0.6 is 0 Å². The average Bonchev–Trinajstić information content (AvgIpc) is 2.76.